The summed E-state index contributed by atoms with van der Waals surface area (Å²) >= 11 is 0. The van der Waals surface area contributed by atoms with E-state index in [2.05, 4.69) is 0 Å². The van der Waals surface area contributed by atoms with Crippen molar-refractivity contribution in [2.75, 3.05) is 50.4 Å². The van der Waals surface area contributed by atoms with Gasteiger partial charge in [0, 0.05) is 20.1 Å². The van der Waals surface area contributed by atoms with Gasteiger partial charge in [-0.05, 0) is 0 Å². The average molecular weight is 226 g/mol. The van der Waals surface area contributed by atoms with Gasteiger partial charge in [-0.1, -0.05) is 0 Å². The predicted molar refractivity (Wildman–Crippen MR) is 59.8 cm³/mol. The molecule has 0 saturated carbocycles. The van der Waals surface area contributed by atoms with E-state index in [1.807, 2.05) is 4.90 Å². The maximum absolute atomic E-state index is 11.5. The van der Waals surface area contributed by atoms with Crippen LogP contribution in [0.15, 0.2) is 9.59 Å². The van der Waals surface area contributed by atoms with Gasteiger partial charge in [0.15, 0.2) is 0 Å². The summed E-state index contributed by atoms with van der Waals surface area (Å²) in [6.45, 7) is 2.43. The van der Waals surface area contributed by atoms with Crippen LogP contribution in [0, 0.1) is 0 Å². The summed E-state index contributed by atoms with van der Waals surface area (Å²) in [6, 6.07) is 0. The first kappa shape index (κ1) is 11.1. The van der Waals surface area contributed by atoms with Crippen LogP contribution in [-0.2, 0) is 9.57 Å². The summed E-state index contributed by atoms with van der Waals surface area (Å²) in [5.41, 5.74) is -0.112. The fraction of sp³-hybridized carbons (Fsp3) is 0.600. The lowest BCUT2D eigenvalue weighted by Gasteiger charge is -2.32. The molecule has 0 amide bonds. The van der Waals surface area contributed by atoms with E-state index in [9.17, 15) is 9.59 Å². The standard InChI is InChI=1S/C10H14N2O4/c1-11(15-2)7-8(10(14)9(7)13)12-3-5-16-6-4-12/h3-6H2,1-2H3. The largest absolute Gasteiger partial charge is 0.378 e. The van der Waals surface area contributed by atoms with E-state index in [1.165, 1.54) is 12.2 Å². The zero-order valence-electron chi connectivity index (χ0n) is 9.36. The minimum absolute atomic E-state index is 0.342. The lowest BCUT2D eigenvalue weighted by molar-refractivity contribution is 0.122. The highest BCUT2D eigenvalue weighted by molar-refractivity contribution is 5.75. The Kier molecular flexibility index (Phi) is 2.93. The second-order valence-electron chi connectivity index (χ2n) is 3.63. The van der Waals surface area contributed by atoms with Crippen LogP contribution in [0.25, 0.3) is 0 Å². The molecule has 88 valence electrons. The third kappa shape index (κ3) is 1.60. The van der Waals surface area contributed by atoms with Gasteiger partial charge in [-0.25, -0.2) is 0 Å². The van der Waals surface area contributed by atoms with Crippen LogP contribution < -0.4 is 20.8 Å². The molecule has 1 fully saturated rings. The normalized spacial score (nSPS) is 16.8. The van der Waals surface area contributed by atoms with E-state index in [1.54, 1.807) is 7.05 Å². The van der Waals surface area contributed by atoms with Crippen LogP contribution in [0.1, 0.15) is 0 Å². The molecule has 0 spiro atoms. The first-order chi connectivity index (χ1) is 7.66. The summed E-state index contributed by atoms with van der Waals surface area (Å²) < 4.78 is 5.20. The Labute approximate surface area is 92.6 Å². The predicted octanol–water partition coefficient (Wildman–Crippen LogP) is -0.883. The number of ether oxygens (including phenoxy) is 1. The van der Waals surface area contributed by atoms with Crippen molar-refractivity contribution in [3.63, 3.8) is 0 Å². The second kappa shape index (κ2) is 4.23. The Morgan fingerprint density at radius 2 is 1.88 bits per heavy atom. The Bertz CT molecular complexity index is 444. The minimum atomic E-state index is -0.481. The van der Waals surface area contributed by atoms with Crippen LogP contribution in [0.2, 0.25) is 0 Å². The van der Waals surface area contributed by atoms with Crippen LogP contribution in [-0.4, -0.2) is 40.5 Å². The Hall–Kier alpha value is -1.40. The van der Waals surface area contributed by atoms with E-state index in [0.29, 0.717) is 37.7 Å². The Morgan fingerprint density at radius 1 is 1.25 bits per heavy atom. The van der Waals surface area contributed by atoms with Gasteiger partial charge in [0.2, 0.25) is 0 Å². The van der Waals surface area contributed by atoms with Gasteiger partial charge in [-0.3, -0.25) is 19.5 Å². The van der Waals surface area contributed by atoms with Crippen molar-refractivity contribution in [3.8, 4) is 0 Å². The van der Waals surface area contributed by atoms with Crippen molar-refractivity contribution in [2.24, 2.45) is 0 Å². The number of morpholine rings is 1. The van der Waals surface area contributed by atoms with Crippen LogP contribution in [0.4, 0.5) is 11.4 Å². The molecular formula is C10H14N2O4. The summed E-state index contributed by atoms with van der Waals surface area (Å²) in [4.78, 5) is 29.8. The monoisotopic (exact) mass is 226 g/mol. The molecule has 1 aliphatic rings. The van der Waals surface area contributed by atoms with E-state index in [0.717, 1.165) is 0 Å². The number of hydroxylamine groups is 1. The first-order valence-electron chi connectivity index (χ1n) is 5.10. The van der Waals surface area contributed by atoms with E-state index < -0.39 is 10.9 Å². The second-order valence-corrected chi connectivity index (χ2v) is 3.63. The molecule has 2 rings (SSSR count). The zero-order valence-corrected chi connectivity index (χ0v) is 9.36. The lowest BCUT2D eigenvalue weighted by Crippen LogP contribution is -2.48. The molecule has 0 N–H and O–H groups in total. The average Bonchev–Trinajstić information content (AvgIpc) is 2.34. The molecule has 0 atom stereocenters. The number of hydrogen-bond donors (Lipinski definition) is 0. The van der Waals surface area contributed by atoms with Crippen molar-refractivity contribution < 1.29 is 9.57 Å². The van der Waals surface area contributed by atoms with Crippen molar-refractivity contribution in [3.05, 3.63) is 20.4 Å². The van der Waals surface area contributed by atoms with E-state index >= 15 is 0 Å². The van der Waals surface area contributed by atoms with Gasteiger partial charge in [0.1, 0.15) is 11.4 Å². The van der Waals surface area contributed by atoms with Crippen LogP contribution in [0.3, 0.4) is 0 Å². The molecule has 1 aliphatic heterocycles. The van der Waals surface area contributed by atoms with Crippen molar-refractivity contribution in [1.29, 1.82) is 0 Å². The third-order valence-electron chi connectivity index (χ3n) is 2.78. The topological polar surface area (TPSA) is 59.1 Å². The molecule has 6 heteroatoms. The fourth-order valence-electron chi connectivity index (χ4n) is 1.83. The third-order valence-corrected chi connectivity index (χ3v) is 2.78. The molecule has 1 aromatic rings. The zero-order chi connectivity index (χ0) is 11.7. The van der Waals surface area contributed by atoms with Crippen molar-refractivity contribution in [1.82, 2.24) is 0 Å². The van der Waals surface area contributed by atoms with Gasteiger partial charge in [-0.15, -0.1) is 0 Å². The minimum Gasteiger partial charge on any atom is -0.378 e. The van der Waals surface area contributed by atoms with Gasteiger partial charge >= 0.3 is 0 Å². The molecule has 0 aromatic heterocycles. The molecule has 0 bridgehead atoms. The van der Waals surface area contributed by atoms with Gasteiger partial charge in [0.25, 0.3) is 10.9 Å². The smallest absolute Gasteiger partial charge is 0.255 e. The van der Waals surface area contributed by atoms with Crippen molar-refractivity contribution in [2.45, 2.75) is 0 Å². The fourth-order valence-corrected chi connectivity index (χ4v) is 1.83. The molecular weight excluding hydrogens is 212 g/mol. The molecule has 1 heterocycles. The number of nitrogens with zero attached hydrogens (tertiary/aromatic N) is 2. The molecule has 0 aliphatic carbocycles. The number of hydrogen-bond acceptors (Lipinski definition) is 6. The molecule has 16 heavy (non-hydrogen) atoms. The number of anilines is 2. The van der Waals surface area contributed by atoms with Gasteiger partial charge in [0.05, 0.1) is 20.3 Å². The molecule has 1 saturated heterocycles. The highest BCUT2D eigenvalue weighted by Gasteiger charge is 2.29. The molecule has 0 unspecified atom stereocenters. The Morgan fingerprint density at radius 3 is 2.44 bits per heavy atom. The first-order valence-corrected chi connectivity index (χ1v) is 5.10. The molecule has 6 nitrogen and oxygen atoms in total. The van der Waals surface area contributed by atoms with Crippen LogP contribution >= 0.6 is 0 Å². The Balaban J connectivity index is 2.30. The quantitative estimate of drug-likeness (QED) is 0.492. The molecule has 0 radical (unpaired) electrons. The van der Waals surface area contributed by atoms with E-state index in [-0.39, 0.29) is 0 Å². The summed E-state index contributed by atoms with van der Waals surface area (Å²) in [5.74, 6) is 0. The maximum Gasteiger partial charge on any atom is 0.255 e. The lowest BCUT2D eigenvalue weighted by atomic mass is 10.1. The summed E-state index contributed by atoms with van der Waals surface area (Å²) in [6.07, 6.45) is 0. The number of rotatable bonds is 3. The highest BCUT2D eigenvalue weighted by Crippen LogP contribution is 2.23. The van der Waals surface area contributed by atoms with Crippen molar-refractivity contribution >= 4 is 11.4 Å². The SMILES string of the molecule is CON(C)c1c(N2CCOCC2)c(=O)c1=O. The summed E-state index contributed by atoms with van der Waals surface area (Å²) in [7, 11) is 3.07. The van der Waals surface area contributed by atoms with Gasteiger partial charge in [-0.2, -0.15) is 0 Å². The van der Waals surface area contributed by atoms with Gasteiger partial charge < -0.3 is 9.64 Å². The van der Waals surface area contributed by atoms with Crippen LogP contribution in [0.5, 0.6) is 0 Å². The van der Waals surface area contributed by atoms with E-state index in [4.69, 9.17) is 9.57 Å². The summed E-state index contributed by atoms with van der Waals surface area (Å²) in [5, 5.41) is 1.33. The highest BCUT2D eigenvalue weighted by atomic mass is 16.7. The maximum atomic E-state index is 11.5. The molecule has 1 aromatic carbocycles.